The average molecular weight is 385 g/mol. The van der Waals surface area contributed by atoms with E-state index in [4.69, 9.17) is 9.47 Å². The summed E-state index contributed by atoms with van der Waals surface area (Å²) in [6.45, 7) is 2.88. The minimum Gasteiger partial charge on any atom is -0.486 e. The van der Waals surface area contributed by atoms with Gasteiger partial charge in [-0.2, -0.15) is 0 Å². The summed E-state index contributed by atoms with van der Waals surface area (Å²) in [5.74, 6) is 0.854. The number of benzene rings is 2. The Balaban J connectivity index is 1.47. The molecule has 29 heavy (non-hydrogen) atoms. The van der Waals surface area contributed by atoms with Crippen LogP contribution in [-0.2, 0) is 0 Å². The molecule has 0 atom stereocenters. The standard InChI is InChI=1S/C23H19N3O3/c1-15-8-9-16(19-14-26-10-3-2-7-21(26)24-19)13-18(15)25-23(27)17-5-4-6-20-22(17)29-12-11-28-20/h2-10,13-14H,11-12H2,1H3,(H,25,27). The van der Waals surface area contributed by atoms with Gasteiger partial charge in [0.1, 0.15) is 18.9 Å². The molecule has 0 saturated heterocycles. The zero-order valence-corrected chi connectivity index (χ0v) is 15.9. The van der Waals surface area contributed by atoms with Crippen molar-refractivity contribution < 1.29 is 14.3 Å². The van der Waals surface area contributed by atoms with Crippen LogP contribution < -0.4 is 14.8 Å². The summed E-state index contributed by atoms with van der Waals surface area (Å²) in [6, 6.07) is 17.2. The van der Waals surface area contributed by atoms with Crippen molar-refractivity contribution in [1.82, 2.24) is 9.38 Å². The number of para-hydroxylation sites is 1. The van der Waals surface area contributed by atoms with E-state index in [1.54, 1.807) is 18.2 Å². The van der Waals surface area contributed by atoms with Crippen LogP contribution in [0.5, 0.6) is 11.5 Å². The highest BCUT2D eigenvalue weighted by atomic mass is 16.6. The Morgan fingerprint density at radius 1 is 1.07 bits per heavy atom. The van der Waals surface area contributed by atoms with Crippen molar-refractivity contribution in [3.63, 3.8) is 0 Å². The van der Waals surface area contributed by atoms with E-state index in [0.29, 0.717) is 30.3 Å². The third-order valence-electron chi connectivity index (χ3n) is 4.96. The predicted octanol–water partition coefficient (Wildman–Crippen LogP) is 4.33. The molecule has 1 amide bonds. The maximum Gasteiger partial charge on any atom is 0.259 e. The number of hydrogen-bond acceptors (Lipinski definition) is 4. The van der Waals surface area contributed by atoms with Gasteiger partial charge in [0.15, 0.2) is 11.5 Å². The number of aromatic nitrogens is 2. The number of hydrogen-bond donors (Lipinski definition) is 1. The highest BCUT2D eigenvalue weighted by molar-refractivity contribution is 6.07. The molecular formula is C23H19N3O3. The number of anilines is 1. The van der Waals surface area contributed by atoms with Crippen LogP contribution in [0.15, 0.2) is 67.0 Å². The second-order valence-corrected chi connectivity index (χ2v) is 6.91. The van der Waals surface area contributed by atoms with Crippen molar-refractivity contribution in [2.45, 2.75) is 6.92 Å². The Labute approximate surface area is 167 Å². The number of amides is 1. The third kappa shape index (κ3) is 3.18. The number of carbonyl (C=O) groups is 1. The molecule has 4 aromatic rings. The van der Waals surface area contributed by atoms with Gasteiger partial charge in [-0.1, -0.05) is 24.3 Å². The Morgan fingerprint density at radius 3 is 2.86 bits per heavy atom. The van der Waals surface area contributed by atoms with E-state index < -0.39 is 0 Å². The van der Waals surface area contributed by atoms with E-state index in [1.807, 2.05) is 60.1 Å². The van der Waals surface area contributed by atoms with Gasteiger partial charge in [-0.15, -0.1) is 0 Å². The van der Waals surface area contributed by atoms with Crippen LogP contribution in [0.1, 0.15) is 15.9 Å². The van der Waals surface area contributed by atoms with Crippen molar-refractivity contribution in [3.8, 4) is 22.8 Å². The smallest absolute Gasteiger partial charge is 0.259 e. The van der Waals surface area contributed by atoms with E-state index in [1.165, 1.54) is 0 Å². The lowest BCUT2D eigenvalue weighted by atomic mass is 10.1. The van der Waals surface area contributed by atoms with Crippen molar-refractivity contribution in [2.24, 2.45) is 0 Å². The molecule has 0 fully saturated rings. The number of carbonyl (C=O) groups excluding carboxylic acids is 1. The van der Waals surface area contributed by atoms with E-state index in [-0.39, 0.29) is 5.91 Å². The van der Waals surface area contributed by atoms with E-state index >= 15 is 0 Å². The Hall–Kier alpha value is -3.80. The monoisotopic (exact) mass is 385 g/mol. The fraction of sp³-hybridized carbons (Fsp3) is 0.130. The largest absolute Gasteiger partial charge is 0.486 e. The predicted molar refractivity (Wildman–Crippen MR) is 111 cm³/mol. The van der Waals surface area contributed by atoms with Crippen LogP contribution in [-0.4, -0.2) is 28.5 Å². The zero-order chi connectivity index (χ0) is 19.8. The van der Waals surface area contributed by atoms with Gasteiger partial charge in [-0.05, 0) is 42.8 Å². The molecule has 0 spiro atoms. The normalized spacial score (nSPS) is 12.7. The Bertz CT molecular complexity index is 1200. The summed E-state index contributed by atoms with van der Waals surface area (Å²) in [5, 5.41) is 3.01. The number of ether oxygens (including phenoxy) is 2. The molecule has 0 bridgehead atoms. The Kier molecular flexibility index (Phi) is 4.17. The molecule has 3 heterocycles. The van der Waals surface area contributed by atoms with Gasteiger partial charge >= 0.3 is 0 Å². The molecule has 1 aliphatic heterocycles. The lowest BCUT2D eigenvalue weighted by Gasteiger charge is -2.20. The molecule has 0 saturated carbocycles. The fourth-order valence-electron chi connectivity index (χ4n) is 3.43. The highest BCUT2D eigenvalue weighted by Crippen LogP contribution is 2.34. The number of pyridine rings is 1. The van der Waals surface area contributed by atoms with Crippen molar-refractivity contribution in [2.75, 3.05) is 18.5 Å². The molecule has 5 rings (SSSR count). The molecule has 0 radical (unpaired) electrons. The quantitative estimate of drug-likeness (QED) is 0.570. The fourth-order valence-corrected chi connectivity index (χ4v) is 3.43. The highest BCUT2D eigenvalue weighted by Gasteiger charge is 2.21. The Morgan fingerprint density at radius 2 is 1.97 bits per heavy atom. The van der Waals surface area contributed by atoms with Gasteiger partial charge in [0.2, 0.25) is 0 Å². The molecule has 1 aliphatic rings. The first-order chi connectivity index (χ1) is 14.2. The summed E-state index contributed by atoms with van der Waals surface area (Å²) >= 11 is 0. The summed E-state index contributed by atoms with van der Waals surface area (Å²) < 4.78 is 13.2. The maximum atomic E-state index is 13.0. The summed E-state index contributed by atoms with van der Waals surface area (Å²) in [6.07, 6.45) is 3.94. The molecule has 6 nitrogen and oxygen atoms in total. The lowest BCUT2D eigenvalue weighted by Crippen LogP contribution is -2.20. The second kappa shape index (κ2) is 6.98. The van der Waals surface area contributed by atoms with Crippen molar-refractivity contribution in [3.05, 3.63) is 78.1 Å². The molecule has 0 aliphatic carbocycles. The second-order valence-electron chi connectivity index (χ2n) is 6.91. The lowest BCUT2D eigenvalue weighted by molar-refractivity contribution is 0.101. The number of nitrogens with zero attached hydrogens (tertiary/aromatic N) is 2. The van der Waals surface area contributed by atoms with Gasteiger partial charge in [0.05, 0.1) is 11.3 Å². The van der Waals surface area contributed by atoms with Gasteiger partial charge in [0, 0.05) is 23.6 Å². The summed E-state index contributed by atoms with van der Waals surface area (Å²) in [5.41, 5.74) is 4.82. The van der Waals surface area contributed by atoms with Crippen LogP contribution in [0.3, 0.4) is 0 Å². The SMILES string of the molecule is Cc1ccc(-c2cn3ccccc3n2)cc1NC(=O)c1cccc2c1OCCO2. The molecule has 144 valence electrons. The molecule has 0 unspecified atom stereocenters. The molecule has 1 N–H and O–H groups in total. The van der Waals surface area contributed by atoms with E-state index in [2.05, 4.69) is 10.3 Å². The first-order valence-electron chi connectivity index (χ1n) is 9.44. The topological polar surface area (TPSA) is 64.9 Å². The maximum absolute atomic E-state index is 13.0. The summed E-state index contributed by atoms with van der Waals surface area (Å²) in [4.78, 5) is 17.6. The number of nitrogens with one attached hydrogen (secondary N) is 1. The number of imidazole rings is 1. The van der Waals surface area contributed by atoms with Crippen LogP contribution >= 0.6 is 0 Å². The van der Waals surface area contributed by atoms with Crippen LogP contribution in [0.4, 0.5) is 5.69 Å². The van der Waals surface area contributed by atoms with Crippen molar-refractivity contribution >= 4 is 17.2 Å². The number of rotatable bonds is 3. The van der Waals surface area contributed by atoms with Crippen LogP contribution in [0, 0.1) is 6.92 Å². The zero-order valence-electron chi connectivity index (χ0n) is 15.9. The van der Waals surface area contributed by atoms with Gasteiger partial charge < -0.3 is 19.2 Å². The third-order valence-corrected chi connectivity index (χ3v) is 4.96. The molecule has 6 heteroatoms. The van der Waals surface area contributed by atoms with Gasteiger partial charge in [0.25, 0.3) is 5.91 Å². The minimum atomic E-state index is -0.234. The first kappa shape index (κ1) is 17.3. The van der Waals surface area contributed by atoms with Gasteiger partial charge in [-0.25, -0.2) is 4.98 Å². The molecule has 2 aromatic carbocycles. The van der Waals surface area contributed by atoms with Crippen LogP contribution in [0.2, 0.25) is 0 Å². The molecular weight excluding hydrogens is 366 g/mol. The van der Waals surface area contributed by atoms with Crippen molar-refractivity contribution in [1.29, 1.82) is 0 Å². The van der Waals surface area contributed by atoms with Crippen LogP contribution in [0.25, 0.3) is 16.9 Å². The minimum absolute atomic E-state index is 0.234. The van der Waals surface area contributed by atoms with E-state index in [9.17, 15) is 4.79 Å². The summed E-state index contributed by atoms with van der Waals surface area (Å²) in [7, 11) is 0. The van der Waals surface area contributed by atoms with E-state index in [0.717, 1.165) is 28.2 Å². The first-order valence-corrected chi connectivity index (χ1v) is 9.44. The van der Waals surface area contributed by atoms with Gasteiger partial charge in [-0.3, -0.25) is 4.79 Å². The number of aryl methyl sites for hydroxylation is 1. The molecule has 2 aromatic heterocycles. The number of fused-ring (bicyclic) bond motifs is 2. The average Bonchev–Trinajstić information content (AvgIpc) is 3.19.